The molecule has 0 heterocycles. The first-order valence-electron chi connectivity index (χ1n) is 5.63. The van der Waals surface area contributed by atoms with Crippen molar-refractivity contribution in [3.05, 3.63) is 0 Å². The van der Waals surface area contributed by atoms with Gasteiger partial charge in [-0.2, -0.15) is 8.78 Å². The highest BCUT2D eigenvalue weighted by Gasteiger charge is 2.37. The zero-order chi connectivity index (χ0) is 11.3. The number of halogens is 2. The molecule has 1 N–H and O–H groups in total. The van der Waals surface area contributed by atoms with Crippen molar-refractivity contribution >= 4 is 5.97 Å². The lowest BCUT2D eigenvalue weighted by atomic mass is 9.85. The van der Waals surface area contributed by atoms with Crippen LogP contribution in [-0.2, 0) is 4.79 Å². The summed E-state index contributed by atoms with van der Waals surface area (Å²) in [5, 5.41) is 8.23. The zero-order valence-electron chi connectivity index (χ0n) is 8.85. The lowest BCUT2D eigenvalue weighted by Crippen LogP contribution is -2.28. The van der Waals surface area contributed by atoms with E-state index in [4.69, 9.17) is 5.11 Å². The molecular weight excluding hydrogens is 202 g/mol. The Morgan fingerprint density at radius 3 is 2.40 bits per heavy atom. The highest BCUT2D eigenvalue weighted by atomic mass is 19.3. The SMILES string of the molecule is O=C(O)C(F)(F)CCCC1CCCCC1. The van der Waals surface area contributed by atoms with Gasteiger partial charge in [-0.15, -0.1) is 0 Å². The van der Waals surface area contributed by atoms with Crippen LogP contribution >= 0.6 is 0 Å². The maximum atomic E-state index is 12.7. The second-order valence-corrected chi connectivity index (χ2v) is 4.41. The Morgan fingerprint density at radius 2 is 1.87 bits per heavy atom. The van der Waals surface area contributed by atoms with E-state index in [0.717, 1.165) is 19.3 Å². The number of hydrogen-bond acceptors (Lipinski definition) is 1. The molecule has 0 aromatic heterocycles. The molecule has 1 aliphatic rings. The van der Waals surface area contributed by atoms with Gasteiger partial charge in [0.15, 0.2) is 0 Å². The Hall–Kier alpha value is -0.670. The topological polar surface area (TPSA) is 37.3 Å². The van der Waals surface area contributed by atoms with Gasteiger partial charge < -0.3 is 5.11 Å². The summed E-state index contributed by atoms with van der Waals surface area (Å²) in [6.45, 7) is 0. The minimum absolute atomic E-state index is 0.323. The molecule has 1 rings (SSSR count). The molecule has 2 nitrogen and oxygen atoms in total. The fourth-order valence-electron chi connectivity index (χ4n) is 2.20. The quantitative estimate of drug-likeness (QED) is 0.770. The van der Waals surface area contributed by atoms with Crippen molar-refractivity contribution in [3.63, 3.8) is 0 Å². The number of rotatable bonds is 5. The Morgan fingerprint density at radius 1 is 1.27 bits per heavy atom. The molecule has 1 aliphatic carbocycles. The number of carboxylic acids is 1. The van der Waals surface area contributed by atoms with Gasteiger partial charge >= 0.3 is 11.9 Å². The van der Waals surface area contributed by atoms with E-state index in [9.17, 15) is 13.6 Å². The molecule has 1 fully saturated rings. The predicted octanol–water partition coefficient (Wildman–Crippen LogP) is 3.46. The smallest absolute Gasteiger partial charge is 0.374 e. The minimum atomic E-state index is -3.53. The van der Waals surface area contributed by atoms with Gasteiger partial charge in [0.25, 0.3) is 0 Å². The molecule has 0 saturated heterocycles. The van der Waals surface area contributed by atoms with E-state index in [1.54, 1.807) is 0 Å². The van der Waals surface area contributed by atoms with Crippen molar-refractivity contribution in [3.8, 4) is 0 Å². The van der Waals surface area contributed by atoms with Crippen molar-refractivity contribution < 1.29 is 18.7 Å². The Kier molecular flexibility index (Phi) is 4.48. The molecule has 0 spiro atoms. The van der Waals surface area contributed by atoms with Crippen LogP contribution in [0, 0.1) is 5.92 Å². The van der Waals surface area contributed by atoms with Crippen LogP contribution in [0.1, 0.15) is 51.4 Å². The Balaban J connectivity index is 2.17. The summed E-state index contributed by atoms with van der Waals surface area (Å²) in [5.41, 5.74) is 0. The van der Waals surface area contributed by atoms with Crippen molar-refractivity contribution in [2.45, 2.75) is 57.3 Å². The first kappa shape index (κ1) is 12.4. The first-order valence-corrected chi connectivity index (χ1v) is 5.63. The van der Waals surface area contributed by atoms with Gasteiger partial charge in [-0.1, -0.05) is 38.5 Å². The lowest BCUT2D eigenvalue weighted by molar-refractivity contribution is -0.165. The molecule has 0 aliphatic heterocycles. The van der Waals surface area contributed by atoms with E-state index < -0.39 is 18.3 Å². The van der Waals surface area contributed by atoms with Crippen LogP contribution in [0.25, 0.3) is 0 Å². The molecule has 4 heteroatoms. The van der Waals surface area contributed by atoms with Gasteiger partial charge in [0.2, 0.25) is 0 Å². The van der Waals surface area contributed by atoms with Gasteiger partial charge in [-0.05, 0) is 12.3 Å². The van der Waals surface area contributed by atoms with E-state index in [-0.39, 0.29) is 0 Å². The number of hydrogen-bond donors (Lipinski definition) is 1. The second kappa shape index (κ2) is 5.42. The molecule has 0 radical (unpaired) electrons. The largest absolute Gasteiger partial charge is 0.477 e. The number of carboxylic acid groups (broad SMARTS) is 1. The average Bonchev–Trinajstić information content (AvgIpc) is 2.19. The van der Waals surface area contributed by atoms with Crippen LogP contribution < -0.4 is 0 Å². The van der Waals surface area contributed by atoms with Crippen LogP contribution in [0.4, 0.5) is 8.78 Å². The Bertz CT molecular complexity index is 211. The summed E-state index contributed by atoms with van der Waals surface area (Å²) >= 11 is 0. The molecule has 0 amide bonds. The van der Waals surface area contributed by atoms with E-state index >= 15 is 0 Å². The van der Waals surface area contributed by atoms with Gasteiger partial charge in [0.1, 0.15) is 0 Å². The Labute approximate surface area is 88.7 Å². The molecule has 0 atom stereocenters. The van der Waals surface area contributed by atoms with Crippen LogP contribution in [0.2, 0.25) is 0 Å². The molecule has 88 valence electrons. The second-order valence-electron chi connectivity index (χ2n) is 4.41. The van der Waals surface area contributed by atoms with E-state index in [0.29, 0.717) is 12.3 Å². The highest BCUT2D eigenvalue weighted by Crippen LogP contribution is 2.30. The molecule has 1 saturated carbocycles. The van der Waals surface area contributed by atoms with Crippen molar-refractivity contribution in [2.75, 3.05) is 0 Å². The summed E-state index contributed by atoms with van der Waals surface area (Å²) in [7, 11) is 0. The molecular formula is C11H18F2O2. The molecule has 0 unspecified atom stereocenters. The third kappa shape index (κ3) is 4.14. The zero-order valence-corrected chi connectivity index (χ0v) is 8.85. The normalized spacial score (nSPS) is 19.1. The third-order valence-electron chi connectivity index (χ3n) is 3.14. The van der Waals surface area contributed by atoms with Crippen LogP contribution in [-0.4, -0.2) is 17.0 Å². The monoisotopic (exact) mass is 220 g/mol. The van der Waals surface area contributed by atoms with Gasteiger partial charge in [0, 0.05) is 6.42 Å². The standard InChI is InChI=1S/C11H18F2O2/c12-11(13,10(14)15)8-4-7-9-5-2-1-3-6-9/h9H,1-8H2,(H,14,15). The van der Waals surface area contributed by atoms with Crippen LogP contribution in [0.5, 0.6) is 0 Å². The van der Waals surface area contributed by atoms with Gasteiger partial charge in [-0.25, -0.2) is 4.79 Å². The van der Waals surface area contributed by atoms with Gasteiger partial charge in [-0.3, -0.25) is 0 Å². The van der Waals surface area contributed by atoms with E-state index in [1.165, 1.54) is 19.3 Å². The fraction of sp³-hybridized carbons (Fsp3) is 0.909. The number of carbonyl (C=O) groups is 1. The number of aliphatic carboxylic acids is 1. The highest BCUT2D eigenvalue weighted by molar-refractivity contribution is 5.75. The van der Waals surface area contributed by atoms with Crippen molar-refractivity contribution in [2.24, 2.45) is 5.92 Å². The van der Waals surface area contributed by atoms with Crippen LogP contribution in [0.15, 0.2) is 0 Å². The summed E-state index contributed by atoms with van der Waals surface area (Å²) in [6, 6.07) is 0. The fourth-order valence-corrected chi connectivity index (χ4v) is 2.20. The van der Waals surface area contributed by atoms with Crippen LogP contribution in [0.3, 0.4) is 0 Å². The summed E-state index contributed by atoms with van der Waals surface area (Å²) in [6.07, 6.45) is 6.45. The summed E-state index contributed by atoms with van der Waals surface area (Å²) in [5.74, 6) is -4.98. The lowest BCUT2D eigenvalue weighted by Gasteiger charge is -2.21. The molecule has 15 heavy (non-hydrogen) atoms. The van der Waals surface area contributed by atoms with Gasteiger partial charge in [0.05, 0.1) is 0 Å². The third-order valence-corrected chi connectivity index (χ3v) is 3.14. The first-order chi connectivity index (χ1) is 7.02. The van der Waals surface area contributed by atoms with E-state index in [2.05, 4.69) is 0 Å². The maximum Gasteiger partial charge on any atom is 0.374 e. The average molecular weight is 220 g/mol. The molecule has 0 aromatic rings. The summed E-state index contributed by atoms with van der Waals surface area (Å²) < 4.78 is 25.4. The molecule has 0 aromatic carbocycles. The minimum Gasteiger partial charge on any atom is -0.477 e. The number of alkyl halides is 2. The van der Waals surface area contributed by atoms with Crippen molar-refractivity contribution in [1.29, 1.82) is 0 Å². The predicted molar refractivity (Wildman–Crippen MR) is 53.0 cm³/mol. The molecule has 0 bridgehead atoms. The maximum absolute atomic E-state index is 12.7. The van der Waals surface area contributed by atoms with Crippen molar-refractivity contribution in [1.82, 2.24) is 0 Å². The van der Waals surface area contributed by atoms with E-state index in [1.807, 2.05) is 0 Å². The summed E-state index contributed by atoms with van der Waals surface area (Å²) in [4.78, 5) is 10.2.